The summed E-state index contributed by atoms with van der Waals surface area (Å²) in [5, 5.41) is 15.8. The Balaban J connectivity index is 1.29. The minimum atomic E-state index is 0.923. The molecular weight excluding hydrogens is 444 g/mol. The largest absolute Gasteiger partial charge is 0.282 e. The smallest absolute Gasteiger partial charge is 0.114 e. The van der Waals surface area contributed by atoms with Crippen molar-refractivity contribution in [1.82, 2.24) is 30.4 Å². The van der Waals surface area contributed by atoms with Crippen LogP contribution < -0.4 is 0 Å². The van der Waals surface area contributed by atoms with Crippen molar-refractivity contribution in [3.05, 3.63) is 83.2 Å². The summed E-state index contributed by atoms with van der Waals surface area (Å²) in [6.45, 7) is 0. The molecule has 6 nitrogen and oxygen atoms in total. The first-order chi connectivity index (χ1) is 17.8. The average Bonchev–Trinajstić information content (AvgIpc) is 3.58. The van der Waals surface area contributed by atoms with Crippen molar-refractivity contribution in [1.29, 1.82) is 0 Å². The number of benzene rings is 1. The summed E-state index contributed by atoms with van der Waals surface area (Å²) in [5.41, 5.74) is 13.0. The van der Waals surface area contributed by atoms with E-state index in [-0.39, 0.29) is 0 Å². The molecule has 0 amide bonds. The van der Waals surface area contributed by atoms with E-state index < -0.39 is 0 Å². The molecule has 1 aromatic carbocycles. The monoisotopic (exact) mass is 472 g/mol. The molecule has 4 heterocycles. The summed E-state index contributed by atoms with van der Waals surface area (Å²) >= 11 is 0. The van der Waals surface area contributed by atoms with E-state index in [1.807, 2.05) is 0 Å². The molecule has 0 spiro atoms. The number of nitrogens with zero attached hydrogens (tertiary/aromatic N) is 4. The van der Waals surface area contributed by atoms with E-state index in [2.05, 4.69) is 81.1 Å². The van der Waals surface area contributed by atoms with Gasteiger partial charge in [0.05, 0.1) is 22.8 Å². The Hall–Kier alpha value is -4.06. The fourth-order valence-corrected chi connectivity index (χ4v) is 5.75. The van der Waals surface area contributed by atoms with Crippen LogP contribution in [0.5, 0.6) is 0 Å². The van der Waals surface area contributed by atoms with Crippen molar-refractivity contribution >= 4 is 0 Å². The van der Waals surface area contributed by atoms with Gasteiger partial charge in [-0.3, -0.25) is 10.2 Å². The Bertz CT molecular complexity index is 1440. The van der Waals surface area contributed by atoms with E-state index in [1.165, 1.54) is 48.2 Å². The van der Waals surface area contributed by atoms with Crippen LogP contribution in [-0.2, 0) is 25.7 Å². The minimum absolute atomic E-state index is 0.923. The average molecular weight is 473 g/mol. The molecule has 0 unspecified atom stereocenters. The maximum absolute atomic E-state index is 5.08. The Kier molecular flexibility index (Phi) is 5.23. The molecular formula is C30H28N6. The highest BCUT2D eigenvalue weighted by Crippen LogP contribution is 2.35. The van der Waals surface area contributed by atoms with Crippen LogP contribution in [0.25, 0.3) is 45.3 Å². The highest BCUT2D eigenvalue weighted by atomic mass is 15.1. The van der Waals surface area contributed by atoms with Crippen LogP contribution in [0.4, 0.5) is 0 Å². The second-order valence-corrected chi connectivity index (χ2v) is 9.83. The molecule has 6 heteroatoms. The summed E-state index contributed by atoms with van der Waals surface area (Å²) < 4.78 is 0. The number of pyridine rings is 2. The van der Waals surface area contributed by atoms with Crippen molar-refractivity contribution in [2.45, 2.75) is 51.4 Å². The van der Waals surface area contributed by atoms with Gasteiger partial charge in [0.15, 0.2) is 0 Å². The van der Waals surface area contributed by atoms with Gasteiger partial charge in [-0.15, -0.1) is 0 Å². The van der Waals surface area contributed by atoms with Crippen LogP contribution in [0.2, 0.25) is 0 Å². The first-order valence-corrected chi connectivity index (χ1v) is 13.0. The lowest BCUT2D eigenvalue weighted by Gasteiger charge is -2.13. The highest BCUT2D eigenvalue weighted by Gasteiger charge is 2.21. The predicted molar refractivity (Wildman–Crippen MR) is 141 cm³/mol. The zero-order valence-electron chi connectivity index (χ0n) is 20.2. The second-order valence-electron chi connectivity index (χ2n) is 9.83. The number of aryl methyl sites for hydroxylation is 2. The van der Waals surface area contributed by atoms with Gasteiger partial charge < -0.3 is 0 Å². The lowest BCUT2D eigenvalue weighted by molar-refractivity contribution is 0.675. The molecule has 2 aliphatic rings. The number of hydrogen-bond donors (Lipinski definition) is 2. The molecule has 36 heavy (non-hydrogen) atoms. The Morgan fingerprint density at radius 3 is 1.42 bits per heavy atom. The topological polar surface area (TPSA) is 83.1 Å². The molecule has 2 N–H and O–H groups in total. The van der Waals surface area contributed by atoms with Crippen molar-refractivity contribution < 1.29 is 0 Å². The van der Waals surface area contributed by atoms with E-state index in [9.17, 15) is 0 Å². The van der Waals surface area contributed by atoms with E-state index in [4.69, 9.17) is 9.97 Å². The summed E-state index contributed by atoms with van der Waals surface area (Å²) in [5.74, 6) is 0. The van der Waals surface area contributed by atoms with E-state index in [1.54, 1.807) is 0 Å². The number of aromatic amines is 2. The predicted octanol–water partition coefficient (Wildman–Crippen LogP) is 6.35. The maximum Gasteiger partial charge on any atom is 0.114 e. The summed E-state index contributed by atoms with van der Waals surface area (Å²) in [6.07, 6.45) is 9.16. The Morgan fingerprint density at radius 2 is 0.917 bits per heavy atom. The quantitative estimate of drug-likeness (QED) is 0.319. The highest BCUT2D eigenvalue weighted by molar-refractivity contribution is 5.82. The molecule has 5 aromatic rings. The molecule has 0 aliphatic heterocycles. The van der Waals surface area contributed by atoms with E-state index in [0.29, 0.717) is 0 Å². The zero-order chi connectivity index (χ0) is 23.9. The molecule has 0 fully saturated rings. The molecule has 2 aliphatic carbocycles. The molecule has 0 saturated heterocycles. The van der Waals surface area contributed by atoms with Crippen LogP contribution in [0, 0.1) is 0 Å². The molecule has 0 atom stereocenters. The number of nitrogens with one attached hydrogen (secondary N) is 2. The zero-order valence-corrected chi connectivity index (χ0v) is 20.2. The minimum Gasteiger partial charge on any atom is -0.282 e. The summed E-state index contributed by atoms with van der Waals surface area (Å²) in [6, 6.07) is 20.8. The van der Waals surface area contributed by atoms with Crippen LogP contribution in [0.1, 0.15) is 48.2 Å². The second kappa shape index (κ2) is 8.86. The third-order valence-electron chi connectivity index (χ3n) is 7.58. The Labute approximate surface area is 210 Å². The molecule has 4 aromatic heterocycles. The Morgan fingerprint density at radius 1 is 0.472 bits per heavy atom. The SMILES string of the molecule is c1cc(-c2ccccc2-c2cccc(-c3n[nH]c4c3CCCC4)n2)nc(-c2n[nH]c3c2CCCC3)c1. The van der Waals surface area contributed by atoms with E-state index >= 15 is 0 Å². The van der Waals surface area contributed by atoms with Gasteiger partial charge in [-0.1, -0.05) is 36.4 Å². The van der Waals surface area contributed by atoms with Crippen molar-refractivity contribution in [3.8, 4) is 45.3 Å². The van der Waals surface area contributed by atoms with Gasteiger partial charge >= 0.3 is 0 Å². The van der Waals surface area contributed by atoms with Gasteiger partial charge in [0.1, 0.15) is 11.4 Å². The third-order valence-corrected chi connectivity index (χ3v) is 7.58. The van der Waals surface area contributed by atoms with Crippen LogP contribution in [-0.4, -0.2) is 30.4 Å². The van der Waals surface area contributed by atoms with Gasteiger partial charge in [0, 0.05) is 33.6 Å². The molecule has 178 valence electrons. The molecule has 7 rings (SSSR count). The normalized spacial score (nSPS) is 14.9. The fourth-order valence-electron chi connectivity index (χ4n) is 5.75. The lowest BCUT2D eigenvalue weighted by Crippen LogP contribution is -2.02. The van der Waals surface area contributed by atoms with Gasteiger partial charge in [0.25, 0.3) is 0 Å². The molecule has 0 bridgehead atoms. The standard InChI is InChI=1S/C30H28N6/c1-2-10-20(24-16-8-18-28(32-24)30-22-12-4-6-14-26(22)34-36-30)19(9-1)23-15-7-17-27(31-23)29-21-11-3-5-13-25(21)33-35-29/h1-2,7-10,15-18H,3-6,11-14H2,(H,33,35)(H,34,36). The number of rotatable bonds is 4. The van der Waals surface area contributed by atoms with Gasteiger partial charge in [-0.05, 0) is 75.6 Å². The van der Waals surface area contributed by atoms with Gasteiger partial charge in [-0.2, -0.15) is 10.2 Å². The summed E-state index contributed by atoms with van der Waals surface area (Å²) in [4.78, 5) is 10.2. The maximum atomic E-state index is 5.08. The van der Waals surface area contributed by atoms with Crippen LogP contribution >= 0.6 is 0 Å². The van der Waals surface area contributed by atoms with Gasteiger partial charge in [0.2, 0.25) is 0 Å². The first-order valence-electron chi connectivity index (χ1n) is 13.0. The van der Waals surface area contributed by atoms with Gasteiger partial charge in [-0.25, -0.2) is 9.97 Å². The van der Waals surface area contributed by atoms with Crippen molar-refractivity contribution in [2.75, 3.05) is 0 Å². The van der Waals surface area contributed by atoms with Crippen molar-refractivity contribution in [2.24, 2.45) is 0 Å². The molecule has 0 saturated carbocycles. The lowest BCUT2D eigenvalue weighted by atomic mass is 9.94. The number of hydrogen-bond acceptors (Lipinski definition) is 4. The number of H-pyrrole nitrogens is 2. The fraction of sp³-hybridized carbons (Fsp3) is 0.267. The number of fused-ring (bicyclic) bond motifs is 2. The van der Waals surface area contributed by atoms with Crippen molar-refractivity contribution in [3.63, 3.8) is 0 Å². The van der Waals surface area contributed by atoms with Crippen LogP contribution in [0.3, 0.4) is 0 Å². The van der Waals surface area contributed by atoms with Crippen LogP contribution in [0.15, 0.2) is 60.7 Å². The summed E-state index contributed by atoms with van der Waals surface area (Å²) in [7, 11) is 0. The number of aromatic nitrogens is 6. The first kappa shape index (κ1) is 21.2. The van der Waals surface area contributed by atoms with E-state index in [0.717, 1.165) is 71.0 Å². The third kappa shape index (κ3) is 3.65. The molecule has 0 radical (unpaired) electrons.